The van der Waals surface area contributed by atoms with Gasteiger partial charge >= 0.3 is 0 Å². The molecule has 1 aromatic carbocycles. The Kier molecular flexibility index (Phi) is 9.30. The predicted molar refractivity (Wildman–Crippen MR) is 84.5 cm³/mol. The summed E-state index contributed by atoms with van der Waals surface area (Å²) in [5.74, 6) is 6.74. The number of aliphatic hydroxyl groups is 1. The van der Waals surface area contributed by atoms with Crippen molar-refractivity contribution in [1.82, 2.24) is 4.90 Å². The van der Waals surface area contributed by atoms with Gasteiger partial charge < -0.3 is 19.5 Å². The molecule has 0 saturated carbocycles. The number of benzene rings is 1. The zero-order valence-electron chi connectivity index (χ0n) is 13.0. The molecule has 21 heavy (non-hydrogen) atoms. The minimum atomic E-state index is 0.0958. The van der Waals surface area contributed by atoms with Gasteiger partial charge in [0.25, 0.3) is 0 Å². The molecule has 0 aliphatic heterocycles. The lowest BCUT2D eigenvalue weighted by Gasteiger charge is -2.16. The van der Waals surface area contributed by atoms with E-state index in [-0.39, 0.29) is 6.61 Å². The highest BCUT2D eigenvalue weighted by Gasteiger charge is 1.99. The SMILES string of the molecule is COCCCN(C)CCOc1cccc(C#CCCO)c1. The minimum Gasteiger partial charge on any atom is -0.492 e. The normalized spacial score (nSPS) is 10.3. The zero-order chi connectivity index (χ0) is 15.3. The van der Waals surface area contributed by atoms with Crippen molar-refractivity contribution in [3.63, 3.8) is 0 Å². The van der Waals surface area contributed by atoms with Gasteiger partial charge in [-0.3, -0.25) is 0 Å². The van der Waals surface area contributed by atoms with Gasteiger partial charge in [0.15, 0.2) is 0 Å². The van der Waals surface area contributed by atoms with E-state index in [9.17, 15) is 0 Å². The molecule has 0 amide bonds. The quantitative estimate of drug-likeness (QED) is 0.556. The Morgan fingerprint density at radius 3 is 2.86 bits per heavy atom. The van der Waals surface area contributed by atoms with Gasteiger partial charge in [-0.05, 0) is 31.7 Å². The van der Waals surface area contributed by atoms with Crippen LogP contribution in [0.1, 0.15) is 18.4 Å². The third kappa shape index (κ3) is 8.36. The highest BCUT2D eigenvalue weighted by molar-refractivity contribution is 5.39. The highest BCUT2D eigenvalue weighted by atomic mass is 16.5. The molecule has 0 saturated heterocycles. The van der Waals surface area contributed by atoms with E-state index in [1.54, 1.807) is 7.11 Å². The summed E-state index contributed by atoms with van der Waals surface area (Å²) in [5, 5.41) is 8.70. The van der Waals surface area contributed by atoms with Crippen LogP contribution in [-0.2, 0) is 4.74 Å². The van der Waals surface area contributed by atoms with Crippen LogP contribution >= 0.6 is 0 Å². The minimum absolute atomic E-state index is 0.0958. The van der Waals surface area contributed by atoms with Gasteiger partial charge in [0, 0.05) is 38.8 Å². The summed E-state index contributed by atoms with van der Waals surface area (Å²) in [4.78, 5) is 2.23. The summed E-state index contributed by atoms with van der Waals surface area (Å²) in [7, 11) is 3.80. The Morgan fingerprint density at radius 2 is 2.10 bits per heavy atom. The predicted octanol–water partition coefficient (Wildman–Crippen LogP) is 1.77. The van der Waals surface area contributed by atoms with Crippen molar-refractivity contribution in [3.8, 4) is 17.6 Å². The van der Waals surface area contributed by atoms with Gasteiger partial charge in [0.2, 0.25) is 0 Å². The first-order valence-electron chi connectivity index (χ1n) is 7.26. The van der Waals surface area contributed by atoms with Gasteiger partial charge in [-0.15, -0.1) is 0 Å². The number of likely N-dealkylation sites (N-methyl/N-ethyl adjacent to an activating group) is 1. The molecule has 1 aromatic rings. The molecule has 0 aliphatic carbocycles. The number of aliphatic hydroxyl groups excluding tert-OH is 1. The van der Waals surface area contributed by atoms with Crippen LogP contribution in [-0.4, -0.2) is 57.1 Å². The smallest absolute Gasteiger partial charge is 0.120 e. The summed E-state index contributed by atoms with van der Waals surface area (Å²) >= 11 is 0. The van der Waals surface area contributed by atoms with E-state index in [2.05, 4.69) is 23.8 Å². The highest BCUT2D eigenvalue weighted by Crippen LogP contribution is 2.12. The topological polar surface area (TPSA) is 41.9 Å². The second-order valence-corrected chi connectivity index (χ2v) is 4.80. The fourth-order valence-corrected chi connectivity index (χ4v) is 1.79. The molecule has 0 atom stereocenters. The fraction of sp³-hybridized carbons (Fsp3) is 0.529. The molecular weight excluding hydrogens is 266 g/mol. The number of rotatable bonds is 9. The molecule has 0 radical (unpaired) electrons. The number of hydrogen-bond acceptors (Lipinski definition) is 4. The molecule has 4 nitrogen and oxygen atoms in total. The Bertz CT molecular complexity index is 451. The molecule has 116 valence electrons. The van der Waals surface area contributed by atoms with Crippen LogP contribution in [0.15, 0.2) is 24.3 Å². The summed E-state index contributed by atoms with van der Waals surface area (Å²) in [6, 6.07) is 7.73. The Hall–Kier alpha value is -1.54. The van der Waals surface area contributed by atoms with E-state index >= 15 is 0 Å². The maximum absolute atomic E-state index is 8.70. The van der Waals surface area contributed by atoms with Crippen LogP contribution < -0.4 is 4.74 Å². The first-order valence-corrected chi connectivity index (χ1v) is 7.26. The lowest BCUT2D eigenvalue weighted by molar-refractivity contribution is 0.172. The maximum Gasteiger partial charge on any atom is 0.120 e. The molecule has 0 aliphatic rings. The van der Waals surface area contributed by atoms with Crippen molar-refractivity contribution < 1.29 is 14.6 Å². The standard InChI is InChI=1S/C17H25NO3/c1-18(10-6-13-20-2)11-14-21-17-9-5-8-16(15-17)7-3-4-12-19/h5,8-9,15,19H,4,6,10-14H2,1-2H3. The van der Waals surface area contributed by atoms with E-state index in [4.69, 9.17) is 14.6 Å². The fourth-order valence-electron chi connectivity index (χ4n) is 1.79. The molecule has 0 aromatic heterocycles. The van der Waals surface area contributed by atoms with Crippen molar-refractivity contribution in [3.05, 3.63) is 29.8 Å². The van der Waals surface area contributed by atoms with Crippen molar-refractivity contribution >= 4 is 0 Å². The van der Waals surface area contributed by atoms with E-state index in [0.717, 1.165) is 37.4 Å². The van der Waals surface area contributed by atoms with Gasteiger partial charge in [-0.25, -0.2) is 0 Å². The molecule has 0 spiro atoms. The number of ether oxygens (including phenoxy) is 2. The van der Waals surface area contributed by atoms with Crippen molar-refractivity contribution in [2.75, 3.05) is 47.1 Å². The third-order valence-electron chi connectivity index (χ3n) is 2.93. The Labute approximate surface area is 127 Å². The summed E-state index contributed by atoms with van der Waals surface area (Å²) in [6.45, 7) is 3.42. The largest absolute Gasteiger partial charge is 0.492 e. The van der Waals surface area contributed by atoms with Crippen LogP contribution in [0, 0.1) is 11.8 Å². The molecule has 4 heteroatoms. The average Bonchev–Trinajstić information content (AvgIpc) is 2.48. The lowest BCUT2D eigenvalue weighted by atomic mass is 10.2. The number of methoxy groups -OCH3 is 1. The van der Waals surface area contributed by atoms with Crippen LogP contribution in [0.25, 0.3) is 0 Å². The molecular formula is C17H25NO3. The van der Waals surface area contributed by atoms with Crippen LogP contribution in [0.5, 0.6) is 5.75 Å². The number of hydrogen-bond donors (Lipinski definition) is 1. The summed E-state index contributed by atoms with van der Waals surface area (Å²) in [6.07, 6.45) is 1.53. The summed E-state index contributed by atoms with van der Waals surface area (Å²) in [5.41, 5.74) is 0.911. The second-order valence-electron chi connectivity index (χ2n) is 4.80. The first-order chi connectivity index (χ1) is 10.3. The average molecular weight is 291 g/mol. The van der Waals surface area contributed by atoms with Crippen molar-refractivity contribution in [2.24, 2.45) is 0 Å². The Balaban J connectivity index is 2.32. The lowest BCUT2D eigenvalue weighted by Crippen LogP contribution is -2.26. The van der Waals surface area contributed by atoms with E-state index in [1.165, 1.54) is 0 Å². The first kappa shape index (κ1) is 17.5. The van der Waals surface area contributed by atoms with Gasteiger partial charge in [-0.2, -0.15) is 0 Å². The van der Waals surface area contributed by atoms with Gasteiger partial charge in [-0.1, -0.05) is 17.9 Å². The zero-order valence-corrected chi connectivity index (χ0v) is 13.0. The van der Waals surface area contributed by atoms with Gasteiger partial charge in [0.1, 0.15) is 12.4 Å². The van der Waals surface area contributed by atoms with Gasteiger partial charge in [0.05, 0.1) is 6.61 Å². The van der Waals surface area contributed by atoms with Crippen molar-refractivity contribution in [2.45, 2.75) is 12.8 Å². The molecule has 0 bridgehead atoms. The van der Waals surface area contributed by atoms with E-state index in [0.29, 0.717) is 13.0 Å². The molecule has 0 unspecified atom stereocenters. The van der Waals surface area contributed by atoms with Crippen LogP contribution in [0.4, 0.5) is 0 Å². The van der Waals surface area contributed by atoms with E-state index < -0.39 is 0 Å². The number of nitrogens with zero attached hydrogens (tertiary/aromatic N) is 1. The van der Waals surface area contributed by atoms with Crippen molar-refractivity contribution in [1.29, 1.82) is 0 Å². The molecule has 1 rings (SSSR count). The monoisotopic (exact) mass is 291 g/mol. The third-order valence-corrected chi connectivity index (χ3v) is 2.93. The van der Waals surface area contributed by atoms with E-state index in [1.807, 2.05) is 24.3 Å². The molecule has 0 fully saturated rings. The Morgan fingerprint density at radius 1 is 1.24 bits per heavy atom. The maximum atomic E-state index is 8.70. The van der Waals surface area contributed by atoms with Crippen LogP contribution in [0.2, 0.25) is 0 Å². The molecule has 1 N–H and O–H groups in total. The van der Waals surface area contributed by atoms with Crippen LogP contribution in [0.3, 0.4) is 0 Å². The summed E-state index contributed by atoms with van der Waals surface area (Å²) < 4.78 is 10.8. The second kappa shape index (κ2) is 11.2. The molecule has 0 heterocycles.